The lowest BCUT2D eigenvalue weighted by molar-refractivity contribution is -0.384. The van der Waals surface area contributed by atoms with E-state index >= 15 is 0 Å². The molecule has 0 heterocycles. The summed E-state index contributed by atoms with van der Waals surface area (Å²) in [7, 11) is 3.50. The van der Waals surface area contributed by atoms with Crippen LogP contribution in [-0.2, 0) is 0 Å². The third kappa shape index (κ3) is 3.09. The van der Waals surface area contributed by atoms with Gasteiger partial charge in [-0.15, -0.1) is 0 Å². The minimum absolute atomic E-state index is 0.0415. The van der Waals surface area contributed by atoms with E-state index in [-0.39, 0.29) is 17.6 Å². The first kappa shape index (κ1) is 16.7. The molecule has 0 spiro atoms. The van der Waals surface area contributed by atoms with Crippen LogP contribution in [0.5, 0.6) is 0 Å². The molecule has 1 aromatic carbocycles. The van der Waals surface area contributed by atoms with Crippen molar-refractivity contribution in [2.45, 2.75) is 38.6 Å². The SMILES string of the molecule is C[C@H](NC(=O)c1ccc(N(C)C)c([N+](=O)[O-])c1)[C@H]1C[C@H]2CC[C@H]1C2. The number of nitro benzene ring substituents is 1. The molecule has 2 saturated carbocycles. The van der Waals surface area contributed by atoms with Crippen LogP contribution in [0.25, 0.3) is 0 Å². The van der Waals surface area contributed by atoms with E-state index in [0.717, 1.165) is 11.8 Å². The Labute approximate surface area is 142 Å². The van der Waals surface area contributed by atoms with Crippen molar-refractivity contribution < 1.29 is 9.72 Å². The van der Waals surface area contributed by atoms with Crippen molar-refractivity contribution in [1.82, 2.24) is 5.32 Å². The average Bonchev–Trinajstić information content (AvgIpc) is 3.17. The molecule has 6 nitrogen and oxygen atoms in total. The van der Waals surface area contributed by atoms with Crippen molar-refractivity contribution in [3.8, 4) is 0 Å². The standard InChI is InChI=1S/C18H25N3O3/c1-11(15-9-12-4-5-13(15)8-12)19-18(22)14-6-7-16(20(2)3)17(10-14)21(23)24/h6-7,10-13,15H,4-5,8-9H2,1-3H3,(H,19,22)/t11-,12-,13-,15+/m0/s1. The summed E-state index contributed by atoms with van der Waals surface area (Å²) in [5.41, 5.74) is 0.806. The Morgan fingerprint density at radius 2 is 2.08 bits per heavy atom. The van der Waals surface area contributed by atoms with E-state index in [4.69, 9.17) is 0 Å². The van der Waals surface area contributed by atoms with Gasteiger partial charge < -0.3 is 10.2 Å². The smallest absolute Gasteiger partial charge is 0.293 e. The fourth-order valence-electron chi connectivity index (χ4n) is 4.49. The molecule has 2 aliphatic carbocycles. The first-order valence-corrected chi connectivity index (χ1v) is 8.63. The highest BCUT2D eigenvalue weighted by molar-refractivity contribution is 5.96. The molecule has 6 heteroatoms. The van der Waals surface area contributed by atoms with Gasteiger partial charge >= 0.3 is 0 Å². The number of rotatable bonds is 5. The van der Waals surface area contributed by atoms with Crippen LogP contribution in [0.4, 0.5) is 11.4 Å². The van der Waals surface area contributed by atoms with Crippen LogP contribution in [0.3, 0.4) is 0 Å². The third-order valence-electron chi connectivity index (χ3n) is 5.71. The fraction of sp³-hybridized carbons (Fsp3) is 0.611. The van der Waals surface area contributed by atoms with Gasteiger partial charge in [0.2, 0.25) is 0 Å². The van der Waals surface area contributed by atoms with Gasteiger partial charge in [0.1, 0.15) is 5.69 Å². The fourth-order valence-corrected chi connectivity index (χ4v) is 4.49. The number of amides is 1. The number of fused-ring (bicyclic) bond motifs is 2. The molecule has 0 aliphatic heterocycles. The second-order valence-corrected chi connectivity index (χ2v) is 7.46. The normalized spacial score (nSPS) is 26.2. The molecule has 0 aromatic heterocycles. The van der Waals surface area contributed by atoms with E-state index < -0.39 is 4.92 Å². The molecule has 0 unspecified atom stereocenters. The molecule has 1 amide bonds. The van der Waals surface area contributed by atoms with Crippen LogP contribution in [-0.4, -0.2) is 31.0 Å². The summed E-state index contributed by atoms with van der Waals surface area (Å²) in [6.45, 7) is 2.06. The zero-order valence-corrected chi connectivity index (χ0v) is 14.5. The lowest BCUT2D eigenvalue weighted by atomic mass is 9.84. The van der Waals surface area contributed by atoms with Crippen molar-refractivity contribution in [2.24, 2.45) is 17.8 Å². The summed E-state index contributed by atoms with van der Waals surface area (Å²) in [5, 5.41) is 14.3. The first-order valence-electron chi connectivity index (χ1n) is 8.63. The number of nitrogens with zero attached hydrogens (tertiary/aromatic N) is 2. The minimum atomic E-state index is -0.439. The molecule has 1 N–H and O–H groups in total. The summed E-state index contributed by atoms with van der Waals surface area (Å²) in [6, 6.07) is 4.78. The highest BCUT2D eigenvalue weighted by Crippen LogP contribution is 2.49. The number of hydrogen-bond acceptors (Lipinski definition) is 4. The summed E-state index contributed by atoms with van der Waals surface area (Å²) in [5.74, 6) is 1.89. The van der Waals surface area contributed by atoms with Gasteiger partial charge in [-0.3, -0.25) is 14.9 Å². The summed E-state index contributed by atoms with van der Waals surface area (Å²) >= 11 is 0. The molecule has 2 aliphatic rings. The summed E-state index contributed by atoms with van der Waals surface area (Å²) in [6.07, 6.45) is 5.11. The number of carbonyl (C=O) groups is 1. The van der Waals surface area contributed by atoms with Crippen molar-refractivity contribution in [2.75, 3.05) is 19.0 Å². The van der Waals surface area contributed by atoms with Gasteiger partial charge in [0, 0.05) is 31.8 Å². The number of nitrogens with one attached hydrogen (secondary N) is 1. The predicted molar refractivity (Wildman–Crippen MR) is 93.3 cm³/mol. The molecule has 1 aromatic rings. The van der Waals surface area contributed by atoms with E-state index in [9.17, 15) is 14.9 Å². The zero-order valence-electron chi connectivity index (χ0n) is 14.5. The minimum Gasteiger partial charge on any atom is -0.372 e. The maximum absolute atomic E-state index is 12.5. The second-order valence-electron chi connectivity index (χ2n) is 7.46. The zero-order chi connectivity index (χ0) is 17.4. The topological polar surface area (TPSA) is 75.5 Å². The number of anilines is 1. The van der Waals surface area contributed by atoms with Gasteiger partial charge in [-0.1, -0.05) is 6.42 Å². The van der Waals surface area contributed by atoms with Gasteiger partial charge in [-0.25, -0.2) is 0 Å². The Bertz CT molecular complexity index is 659. The van der Waals surface area contributed by atoms with Gasteiger partial charge in [-0.05, 0) is 56.1 Å². The van der Waals surface area contributed by atoms with Crippen molar-refractivity contribution >= 4 is 17.3 Å². The maximum Gasteiger partial charge on any atom is 0.293 e. The van der Waals surface area contributed by atoms with Crippen molar-refractivity contribution in [3.63, 3.8) is 0 Å². The van der Waals surface area contributed by atoms with E-state index in [1.807, 2.05) is 0 Å². The number of hydrogen-bond donors (Lipinski definition) is 1. The number of nitro groups is 1. The van der Waals surface area contributed by atoms with Gasteiger partial charge in [0.25, 0.3) is 11.6 Å². The van der Waals surface area contributed by atoms with Gasteiger partial charge in [0.05, 0.1) is 4.92 Å². The molecular weight excluding hydrogens is 306 g/mol. The highest BCUT2D eigenvalue weighted by Gasteiger charge is 2.42. The Balaban J connectivity index is 1.73. The maximum atomic E-state index is 12.5. The third-order valence-corrected chi connectivity index (χ3v) is 5.71. The Morgan fingerprint density at radius 3 is 2.62 bits per heavy atom. The van der Waals surface area contributed by atoms with E-state index in [1.54, 1.807) is 31.1 Å². The van der Waals surface area contributed by atoms with E-state index in [1.165, 1.54) is 31.7 Å². The molecule has 0 saturated heterocycles. The Hall–Kier alpha value is -2.11. The molecule has 24 heavy (non-hydrogen) atoms. The predicted octanol–water partition coefficient (Wildman–Crippen LogP) is 3.22. The monoisotopic (exact) mass is 331 g/mol. The first-order chi connectivity index (χ1) is 11.4. The molecule has 2 bridgehead atoms. The summed E-state index contributed by atoms with van der Waals surface area (Å²) in [4.78, 5) is 25.0. The lowest BCUT2D eigenvalue weighted by Gasteiger charge is -2.28. The van der Waals surface area contributed by atoms with E-state index in [2.05, 4.69) is 12.2 Å². The van der Waals surface area contributed by atoms with Crippen LogP contribution in [0.15, 0.2) is 18.2 Å². The van der Waals surface area contributed by atoms with Crippen molar-refractivity contribution in [3.05, 3.63) is 33.9 Å². The quantitative estimate of drug-likeness (QED) is 0.664. The molecule has 130 valence electrons. The molecule has 4 atom stereocenters. The van der Waals surface area contributed by atoms with Crippen LogP contribution in [0, 0.1) is 27.9 Å². The largest absolute Gasteiger partial charge is 0.372 e. The van der Waals surface area contributed by atoms with Crippen LogP contribution < -0.4 is 10.2 Å². The Kier molecular flexibility index (Phi) is 4.47. The average molecular weight is 331 g/mol. The number of carbonyl (C=O) groups excluding carboxylic acids is 1. The van der Waals surface area contributed by atoms with E-state index in [0.29, 0.717) is 17.2 Å². The number of benzene rings is 1. The highest BCUT2D eigenvalue weighted by atomic mass is 16.6. The molecule has 2 fully saturated rings. The lowest BCUT2D eigenvalue weighted by Crippen LogP contribution is -2.40. The van der Waals surface area contributed by atoms with Crippen molar-refractivity contribution in [1.29, 1.82) is 0 Å². The second kappa shape index (κ2) is 6.42. The molecular formula is C18H25N3O3. The van der Waals surface area contributed by atoms with Crippen LogP contribution >= 0.6 is 0 Å². The van der Waals surface area contributed by atoms with Crippen LogP contribution in [0.2, 0.25) is 0 Å². The summed E-state index contributed by atoms with van der Waals surface area (Å²) < 4.78 is 0. The Morgan fingerprint density at radius 1 is 1.33 bits per heavy atom. The van der Waals surface area contributed by atoms with Crippen LogP contribution in [0.1, 0.15) is 43.0 Å². The van der Waals surface area contributed by atoms with Gasteiger partial charge in [-0.2, -0.15) is 0 Å². The molecule has 3 rings (SSSR count). The van der Waals surface area contributed by atoms with Gasteiger partial charge in [0.15, 0.2) is 0 Å². The molecule has 0 radical (unpaired) electrons.